The van der Waals surface area contributed by atoms with Gasteiger partial charge in [0.15, 0.2) is 11.4 Å². The van der Waals surface area contributed by atoms with Crippen LogP contribution in [0, 0.1) is 17.5 Å². The van der Waals surface area contributed by atoms with Gasteiger partial charge in [-0.05, 0) is 0 Å². The zero-order valence-electron chi connectivity index (χ0n) is 16.3. The third-order valence-electron chi connectivity index (χ3n) is 5.58. The van der Waals surface area contributed by atoms with E-state index in [4.69, 9.17) is 0 Å². The Kier molecular flexibility index (Phi) is 5.18. The molecule has 2 N–H and O–H groups in total. The van der Waals surface area contributed by atoms with Crippen LogP contribution in [0.5, 0.6) is 5.75 Å². The van der Waals surface area contributed by atoms with Crippen molar-refractivity contribution in [2.45, 2.75) is 31.4 Å². The number of nitrogens with zero attached hydrogens (tertiary/aromatic N) is 2. The van der Waals surface area contributed by atoms with Gasteiger partial charge in [0.25, 0.3) is 17.7 Å². The average molecular weight is 457 g/mol. The molecule has 1 fully saturated rings. The van der Waals surface area contributed by atoms with E-state index in [2.05, 4.69) is 5.32 Å². The number of benzene rings is 1. The maximum atomic E-state index is 14.1. The van der Waals surface area contributed by atoms with Crippen molar-refractivity contribution in [2.75, 3.05) is 13.1 Å². The number of alkyl halides is 2. The molecule has 12 heteroatoms. The Hall–Kier alpha value is -3.44. The first kappa shape index (κ1) is 21.8. The molecule has 1 saturated heterocycles. The molecule has 0 aliphatic carbocycles. The number of amides is 2. The van der Waals surface area contributed by atoms with Crippen LogP contribution < -0.4 is 10.7 Å². The Bertz CT molecular complexity index is 1170. The van der Waals surface area contributed by atoms with Gasteiger partial charge in [-0.2, -0.15) is 0 Å². The normalized spacial score (nSPS) is 19.3. The summed E-state index contributed by atoms with van der Waals surface area (Å²) >= 11 is 0. The van der Waals surface area contributed by atoms with Crippen LogP contribution >= 0.6 is 0 Å². The number of carbonyl (C=O) groups is 2. The van der Waals surface area contributed by atoms with Crippen LogP contribution in [0.15, 0.2) is 23.1 Å². The second-order valence-electron chi connectivity index (χ2n) is 7.72. The summed E-state index contributed by atoms with van der Waals surface area (Å²) < 4.78 is 69.8. The number of hydrogen-bond donors (Lipinski definition) is 2. The fourth-order valence-electron chi connectivity index (χ4n) is 3.96. The molecule has 0 radical (unpaired) electrons. The second kappa shape index (κ2) is 7.61. The molecule has 1 atom stereocenters. The standard InChI is InChI=1S/C20H16F5N3O4/c21-9-3-13(22)11(14(23)4-9)6-26-18(31)12-8-28-10-5-20(24,25)1-2-27(7-10)19(32)15(28)17(30)16(12)29/h3-4,8,10,30H,1-2,5-7H2,(H,26,31). The molecule has 1 unspecified atom stereocenters. The minimum absolute atomic E-state index is 0.100. The highest BCUT2D eigenvalue weighted by molar-refractivity contribution is 5.99. The minimum atomic E-state index is -3.11. The lowest BCUT2D eigenvalue weighted by Gasteiger charge is -2.34. The highest BCUT2D eigenvalue weighted by atomic mass is 19.3. The largest absolute Gasteiger partial charge is 0.503 e. The molecule has 7 nitrogen and oxygen atoms in total. The van der Waals surface area contributed by atoms with Gasteiger partial charge >= 0.3 is 0 Å². The van der Waals surface area contributed by atoms with E-state index in [9.17, 15) is 41.4 Å². The smallest absolute Gasteiger partial charge is 0.274 e. The molecule has 2 bridgehead atoms. The van der Waals surface area contributed by atoms with Crippen molar-refractivity contribution in [3.05, 3.63) is 62.8 Å². The minimum Gasteiger partial charge on any atom is -0.503 e. The first-order chi connectivity index (χ1) is 15.0. The van der Waals surface area contributed by atoms with Crippen molar-refractivity contribution >= 4 is 11.8 Å². The molecular weight excluding hydrogens is 441 g/mol. The number of aromatic nitrogens is 1. The monoisotopic (exact) mass is 457 g/mol. The van der Waals surface area contributed by atoms with Crippen LogP contribution in [-0.4, -0.2) is 45.4 Å². The first-order valence-electron chi connectivity index (χ1n) is 9.55. The number of fused-ring (bicyclic) bond motifs is 4. The topological polar surface area (TPSA) is 91.6 Å². The predicted octanol–water partition coefficient (Wildman–Crippen LogP) is 2.33. The zero-order chi connectivity index (χ0) is 23.4. The Morgan fingerprint density at radius 1 is 1.19 bits per heavy atom. The van der Waals surface area contributed by atoms with Crippen molar-refractivity contribution in [1.29, 1.82) is 0 Å². The van der Waals surface area contributed by atoms with E-state index >= 15 is 0 Å². The quantitative estimate of drug-likeness (QED) is 0.693. The molecule has 2 aromatic rings. The molecule has 0 saturated carbocycles. The van der Waals surface area contributed by atoms with Gasteiger partial charge in [-0.25, -0.2) is 22.0 Å². The van der Waals surface area contributed by atoms with Gasteiger partial charge in [0, 0.05) is 56.4 Å². The summed E-state index contributed by atoms with van der Waals surface area (Å²) in [5.74, 6) is -9.87. The summed E-state index contributed by atoms with van der Waals surface area (Å²) in [5.41, 5.74) is -3.12. The fraction of sp³-hybridized carbons (Fsp3) is 0.350. The molecular formula is C20H16F5N3O4. The number of hydrogen-bond acceptors (Lipinski definition) is 4. The lowest BCUT2D eigenvalue weighted by atomic mass is 10.0. The van der Waals surface area contributed by atoms with Crippen LogP contribution in [0.25, 0.3) is 0 Å². The Morgan fingerprint density at radius 3 is 2.50 bits per heavy atom. The van der Waals surface area contributed by atoms with Crippen molar-refractivity contribution in [1.82, 2.24) is 14.8 Å². The van der Waals surface area contributed by atoms with E-state index < -0.39 is 88.6 Å². The van der Waals surface area contributed by atoms with E-state index in [1.54, 1.807) is 0 Å². The Morgan fingerprint density at radius 2 is 1.84 bits per heavy atom. The third kappa shape index (κ3) is 3.69. The first-order valence-corrected chi connectivity index (χ1v) is 9.55. The van der Waals surface area contributed by atoms with Gasteiger partial charge in [0.2, 0.25) is 5.43 Å². The van der Waals surface area contributed by atoms with Gasteiger partial charge in [-0.1, -0.05) is 0 Å². The summed E-state index contributed by atoms with van der Waals surface area (Å²) in [5, 5.41) is 12.4. The highest BCUT2D eigenvalue weighted by Gasteiger charge is 2.44. The van der Waals surface area contributed by atoms with Crippen molar-refractivity contribution in [3.8, 4) is 5.75 Å². The van der Waals surface area contributed by atoms with E-state index in [-0.39, 0.29) is 13.1 Å². The number of nitrogens with one attached hydrogen (secondary N) is 1. The Labute approximate surface area is 177 Å². The van der Waals surface area contributed by atoms with Crippen molar-refractivity contribution < 1.29 is 36.6 Å². The molecule has 32 heavy (non-hydrogen) atoms. The van der Waals surface area contributed by atoms with E-state index in [1.165, 1.54) is 0 Å². The predicted molar refractivity (Wildman–Crippen MR) is 99.0 cm³/mol. The molecule has 1 aromatic heterocycles. The number of carbonyl (C=O) groups excluding carboxylic acids is 2. The zero-order valence-corrected chi connectivity index (χ0v) is 16.3. The summed E-state index contributed by atoms with van der Waals surface area (Å²) in [6, 6.07) is -0.188. The summed E-state index contributed by atoms with van der Waals surface area (Å²) in [6.45, 7) is -1.11. The number of aromatic hydroxyl groups is 1. The van der Waals surface area contributed by atoms with Gasteiger partial charge in [-0.3, -0.25) is 14.4 Å². The van der Waals surface area contributed by atoms with Crippen LogP contribution in [-0.2, 0) is 6.54 Å². The van der Waals surface area contributed by atoms with Gasteiger partial charge in [-0.15, -0.1) is 0 Å². The number of rotatable bonds is 3. The molecule has 2 aliphatic rings. The van der Waals surface area contributed by atoms with Crippen LogP contribution in [0.1, 0.15) is 45.3 Å². The van der Waals surface area contributed by atoms with E-state index in [1.807, 2.05) is 0 Å². The van der Waals surface area contributed by atoms with Crippen molar-refractivity contribution in [2.24, 2.45) is 0 Å². The second-order valence-corrected chi connectivity index (χ2v) is 7.72. The molecule has 1 aromatic carbocycles. The SMILES string of the molecule is O=C(NCc1c(F)cc(F)cc1F)c1cn2c(c(O)c1=O)C(=O)N1CCC(F)(F)CC2C1. The maximum Gasteiger partial charge on any atom is 0.274 e. The highest BCUT2D eigenvalue weighted by Crippen LogP contribution is 2.38. The summed E-state index contributed by atoms with van der Waals surface area (Å²) in [4.78, 5) is 38.7. The average Bonchev–Trinajstić information content (AvgIpc) is 2.84. The summed E-state index contributed by atoms with van der Waals surface area (Å²) in [7, 11) is 0. The van der Waals surface area contributed by atoms with E-state index in [0.29, 0.717) is 12.1 Å². The number of halogens is 5. The van der Waals surface area contributed by atoms with Crippen LogP contribution in [0.2, 0.25) is 0 Å². The maximum absolute atomic E-state index is 14.1. The molecule has 0 spiro atoms. The van der Waals surface area contributed by atoms with Gasteiger partial charge in [0.1, 0.15) is 23.0 Å². The molecule has 4 rings (SSSR count). The van der Waals surface area contributed by atoms with Crippen LogP contribution in [0.3, 0.4) is 0 Å². The number of pyridine rings is 1. The molecule has 170 valence electrons. The fourth-order valence-corrected chi connectivity index (χ4v) is 3.96. The van der Waals surface area contributed by atoms with Gasteiger partial charge in [0.05, 0.1) is 6.04 Å². The molecule has 3 heterocycles. The van der Waals surface area contributed by atoms with Crippen LogP contribution in [0.4, 0.5) is 22.0 Å². The lowest BCUT2D eigenvalue weighted by Crippen LogP contribution is -2.44. The Balaban J connectivity index is 1.69. The summed E-state index contributed by atoms with van der Waals surface area (Å²) in [6.07, 6.45) is -0.387. The van der Waals surface area contributed by atoms with Crippen molar-refractivity contribution in [3.63, 3.8) is 0 Å². The molecule has 2 amide bonds. The lowest BCUT2D eigenvalue weighted by molar-refractivity contribution is -0.0202. The molecule has 2 aliphatic heterocycles. The van der Waals surface area contributed by atoms with E-state index in [0.717, 1.165) is 15.7 Å². The third-order valence-corrected chi connectivity index (χ3v) is 5.58. The van der Waals surface area contributed by atoms with Gasteiger partial charge < -0.3 is 19.9 Å².